The van der Waals surface area contributed by atoms with Gasteiger partial charge in [0.25, 0.3) is 0 Å². The second-order valence-corrected chi connectivity index (χ2v) is 6.49. The summed E-state index contributed by atoms with van der Waals surface area (Å²) in [6.07, 6.45) is 0. The third-order valence-corrected chi connectivity index (χ3v) is 3.36. The molecule has 1 aromatic carbocycles. The summed E-state index contributed by atoms with van der Waals surface area (Å²) in [5.41, 5.74) is 1.92. The van der Waals surface area contributed by atoms with E-state index in [1.54, 1.807) is 6.07 Å². The number of hydrogen-bond donors (Lipinski definition) is 1. The number of nitrogens with zero attached hydrogens (tertiary/aromatic N) is 2. The number of rotatable bonds is 9. The van der Waals surface area contributed by atoms with Crippen molar-refractivity contribution < 1.29 is 4.39 Å². The quantitative estimate of drug-likeness (QED) is 0.755. The predicted octanol–water partition coefficient (Wildman–Crippen LogP) is 2.56. The molecular formula is C17H30FN3. The molecule has 0 radical (unpaired) electrons. The van der Waals surface area contributed by atoms with Crippen LogP contribution in [0.15, 0.2) is 18.2 Å². The first kappa shape index (κ1) is 18.1. The molecule has 0 spiro atoms. The molecule has 21 heavy (non-hydrogen) atoms. The average Bonchev–Trinajstić information content (AvgIpc) is 2.39. The lowest BCUT2D eigenvalue weighted by atomic mass is 10.1. The Kier molecular flexibility index (Phi) is 7.86. The molecule has 0 aliphatic rings. The van der Waals surface area contributed by atoms with Crippen LogP contribution in [0.4, 0.5) is 4.39 Å². The number of nitrogens with one attached hydrogen (secondary N) is 1. The standard InChI is InChI=1S/C17H30FN3/c1-14(2)11-19-12-15-6-7-17(18)16(10-15)13-21(5)9-8-20(3)4/h6-7,10,14,19H,8-9,11-13H2,1-5H3. The Bertz CT molecular complexity index is 418. The van der Waals surface area contributed by atoms with Crippen LogP contribution >= 0.6 is 0 Å². The van der Waals surface area contributed by atoms with Gasteiger partial charge in [0, 0.05) is 31.7 Å². The van der Waals surface area contributed by atoms with Crippen molar-refractivity contribution in [1.29, 1.82) is 0 Å². The Balaban J connectivity index is 2.56. The van der Waals surface area contributed by atoms with Crippen molar-refractivity contribution in [2.45, 2.75) is 26.9 Å². The third-order valence-electron chi connectivity index (χ3n) is 3.36. The topological polar surface area (TPSA) is 18.5 Å². The fraction of sp³-hybridized carbons (Fsp3) is 0.647. The summed E-state index contributed by atoms with van der Waals surface area (Å²) in [7, 11) is 6.14. The third kappa shape index (κ3) is 7.55. The fourth-order valence-electron chi connectivity index (χ4n) is 2.10. The zero-order valence-corrected chi connectivity index (χ0v) is 14.1. The maximum Gasteiger partial charge on any atom is 0.127 e. The van der Waals surface area contributed by atoms with E-state index in [4.69, 9.17) is 0 Å². The minimum absolute atomic E-state index is 0.112. The lowest BCUT2D eigenvalue weighted by Gasteiger charge is -2.20. The first-order valence-electron chi connectivity index (χ1n) is 7.69. The average molecular weight is 295 g/mol. The van der Waals surface area contributed by atoms with E-state index in [0.717, 1.165) is 37.3 Å². The summed E-state index contributed by atoms with van der Waals surface area (Å²) in [5.74, 6) is 0.515. The van der Waals surface area contributed by atoms with Crippen LogP contribution < -0.4 is 5.32 Å². The van der Waals surface area contributed by atoms with Crippen molar-refractivity contribution in [3.8, 4) is 0 Å². The summed E-state index contributed by atoms with van der Waals surface area (Å²) in [6, 6.07) is 5.43. The summed E-state index contributed by atoms with van der Waals surface area (Å²) in [4.78, 5) is 4.29. The van der Waals surface area contributed by atoms with Crippen molar-refractivity contribution in [1.82, 2.24) is 15.1 Å². The van der Waals surface area contributed by atoms with Gasteiger partial charge in [-0.15, -0.1) is 0 Å². The van der Waals surface area contributed by atoms with E-state index in [-0.39, 0.29) is 5.82 Å². The molecule has 0 aliphatic heterocycles. The molecule has 3 nitrogen and oxygen atoms in total. The van der Waals surface area contributed by atoms with Gasteiger partial charge in [-0.05, 0) is 45.2 Å². The summed E-state index contributed by atoms with van der Waals surface area (Å²) in [5, 5.41) is 3.40. The second-order valence-electron chi connectivity index (χ2n) is 6.49. The van der Waals surface area contributed by atoms with Gasteiger partial charge in [0.2, 0.25) is 0 Å². The van der Waals surface area contributed by atoms with Crippen LogP contribution in [-0.4, -0.2) is 50.6 Å². The highest BCUT2D eigenvalue weighted by Crippen LogP contribution is 2.13. The Morgan fingerprint density at radius 2 is 1.86 bits per heavy atom. The molecule has 0 saturated carbocycles. The molecule has 1 rings (SSSR count). The predicted molar refractivity (Wildman–Crippen MR) is 87.8 cm³/mol. The maximum absolute atomic E-state index is 13.9. The smallest absolute Gasteiger partial charge is 0.127 e. The van der Waals surface area contributed by atoms with Crippen LogP contribution in [0, 0.1) is 11.7 Å². The maximum atomic E-state index is 13.9. The van der Waals surface area contributed by atoms with Gasteiger partial charge in [0.05, 0.1) is 0 Å². The number of halogens is 1. The zero-order valence-electron chi connectivity index (χ0n) is 14.1. The fourth-order valence-corrected chi connectivity index (χ4v) is 2.10. The van der Waals surface area contributed by atoms with Gasteiger partial charge >= 0.3 is 0 Å². The molecule has 0 heterocycles. The molecule has 0 fully saturated rings. The molecule has 1 aromatic rings. The summed E-state index contributed by atoms with van der Waals surface area (Å²) < 4.78 is 13.9. The Morgan fingerprint density at radius 1 is 1.14 bits per heavy atom. The minimum Gasteiger partial charge on any atom is -0.312 e. The molecule has 1 N–H and O–H groups in total. The number of likely N-dealkylation sites (N-methyl/N-ethyl adjacent to an activating group) is 2. The van der Waals surface area contributed by atoms with E-state index in [1.807, 2.05) is 19.2 Å². The van der Waals surface area contributed by atoms with Gasteiger partial charge in [-0.3, -0.25) is 0 Å². The molecule has 0 aromatic heterocycles. The van der Waals surface area contributed by atoms with Gasteiger partial charge in [0.1, 0.15) is 5.82 Å². The number of hydrogen-bond acceptors (Lipinski definition) is 3. The molecule has 4 heteroatoms. The monoisotopic (exact) mass is 295 g/mol. The van der Waals surface area contributed by atoms with Gasteiger partial charge in [-0.1, -0.05) is 26.0 Å². The largest absolute Gasteiger partial charge is 0.312 e. The normalized spacial score (nSPS) is 11.9. The number of benzene rings is 1. The van der Waals surface area contributed by atoms with E-state index in [1.165, 1.54) is 0 Å². The van der Waals surface area contributed by atoms with Gasteiger partial charge in [0.15, 0.2) is 0 Å². The van der Waals surface area contributed by atoms with E-state index in [2.05, 4.69) is 43.1 Å². The van der Waals surface area contributed by atoms with Crippen LogP contribution in [0.2, 0.25) is 0 Å². The first-order chi connectivity index (χ1) is 9.88. The molecule has 0 unspecified atom stereocenters. The van der Waals surface area contributed by atoms with Crippen molar-refractivity contribution in [3.63, 3.8) is 0 Å². The van der Waals surface area contributed by atoms with Gasteiger partial charge in [-0.2, -0.15) is 0 Å². The molecule has 0 aliphatic carbocycles. The lowest BCUT2D eigenvalue weighted by molar-refractivity contribution is 0.273. The Morgan fingerprint density at radius 3 is 2.48 bits per heavy atom. The summed E-state index contributed by atoms with van der Waals surface area (Å²) in [6.45, 7) is 8.71. The van der Waals surface area contributed by atoms with E-state index in [9.17, 15) is 4.39 Å². The van der Waals surface area contributed by atoms with Crippen molar-refractivity contribution in [2.75, 3.05) is 40.8 Å². The highest BCUT2D eigenvalue weighted by atomic mass is 19.1. The molecule has 0 amide bonds. The first-order valence-corrected chi connectivity index (χ1v) is 7.69. The Hall–Kier alpha value is -0.970. The van der Waals surface area contributed by atoms with E-state index in [0.29, 0.717) is 12.5 Å². The SMILES string of the molecule is CC(C)CNCc1ccc(F)c(CN(C)CCN(C)C)c1. The Labute approximate surface area is 129 Å². The molecule has 0 saturated heterocycles. The van der Waals surface area contributed by atoms with Crippen LogP contribution in [0.3, 0.4) is 0 Å². The highest BCUT2D eigenvalue weighted by molar-refractivity contribution is 5.25. The van der Waals surface area contributed by atoms with E-state index >= 15 is 0 Å². The minimum atomic E-state index is -0.112. The van der Waals surface area contributed by atoms with Crippen molar-refractivity contribution >= 4 is 0 Å². The molecular weight excluding hydrogens is 265 g/mol. The molecule has 0 bridgehead atoms. The second kappa shape index (κ2) is 9.13. The van der Waals surface area contributed by atoms with E-state index < -0.39 is 0 Å². The molecule has 0 atom stereocenters. The molecule has 120 valence electrons. The van der Waals surface area contributed by atoms with Crippen molar-refractivity contribution in [3.05, 3.63) is 35.1 Å². The summed E-state index contributed by atoms with van der Waals surface area (Å²) >= 11 is 0. The lowest BCUT2D eigenvalue weighted by Crippen LogP contribution is -2.28. The van der Waals surface area contributed by atoms with Crippen LogP contribution in [-0.2, 0) is 13.1 Å². The van der Waals surface area contributed by atoms with Crippen LogP contribution in [0.1, 0.15) is 25.0 Å². The highest BCUT2D eigenvalue weighted by Gasteiger charge is 2.07. The van der Waals surface area contributed by atoms with Crippen molar-refractivity contribution in [2.24, 2.45) is 5.92 Å². The zero-order chi connectivity index (χ0) is 15.8. The van der Waals surface area contributed by atoms with Gasteiger partial charge < -0.3 is 15.1 Å². The van der Waals surface area contributed by atoms with Crippen LogP contribution in [0.5, 0.6) is 0 Å². The van der Waals surface area contributed by atoms with Crippen LogP contribution in [0.25, 0.3) is 0 Å². The van der Waals surface area contributed by atoms with Gasteiger partial charge in [-0.25, -0.2) is 4.39 Å².